The van der Waals surface area contributed by atoms with Crippen molar-refractivity contribution < 1.29 is 9.59 Å². The molecule has 0 saturated carbocycles. The highest BCUT2D eigenvalue weighted by Crippen LogP contribution is 2.24. The summed E-state index contributed by atoms with van der Waals surface area (Å²) >= 11 is 1.31. The van der Waals surface area contributed by atoms with E-state index in [4.69, 9.17) is 11.5 Å². The Morgan fingerprint density at radius 2 is 2.05 bits per heavy atom. The van der Waals surface area contributed by atoms with Crippen molar-refractivity contribution in [2.45, 2.75) is 19.9 Å². The molecule has 7 heteroatoms. The molecule has 20 heavy (non-hydrogen) atoms. The van der Waals surface area contributed by atoms with Crippen LogP contribution in [-0.2, 0) is 4.79 Å². The number of carbonyl (C=O) groups is 2. The van der Waals surface area contributed by atoms with Crippen LogP contribution in [0.15, 0.2) is 18.2 Å². The van der Waals surface area contributed by atoms with Crippen molar-refractivity contribution in [3.05, 3.63) is 23.8 Å². The SMILES string of the molecule is CC(C)C(NC(=O)c1ccc2nc(N)sc2c1)C(N)=O. The summed E-state index contributed by atoms with van der Waals surface area (Å²) in [5, 5.41) is 3.10. The Hall–Kier alpha value is -2.15. The van der Waals surface area contributed by atoms with Gasteiger partial charge in [0.2, 0.25) is 5.91 Å². The summed E-state index contributed by atoms with van der Waals surface area (Å²) in [6, 6.07) is 4.39. The quantitative estimate of drug-likeness (QED) is 0.784. The molecule has 0 spiro atoms. The third-order valence-electron chi connectivity index (χ3n) is 2.93. The van der Waals surface area contributed by atoms with E-state index in [1.54, 1.807) is 18.2 Å². The zero-order valence-electron chi connectivity index (χ0n) is 11.2. The van der Waals surface area contributed by atoms with Crippen LogP contribution >= 0.6 is 11.3 Å². The second-order valence-electron chi connectivity index (χ2n) is 4.83. The van der Waals surface area contributed by atoms with Gasteiger partial charge in [0.15, 0.2) is 5.13 Å². The standard InChI is InChI=1S/C13H16N4O2S/c1-6(2)10(11(14)18)17-12(19)7-3-4-8-9(5-7)20-13(15)16-8/h3-6,10H,1-2H3,(H2,14,18)(H2,15,16)(H,17,19). The minimum Gasteiger partial charge on any atom is -0.375 e. The van der Waals surface area contributed by atoms with Crippen LogP contribution in [0.3, 0.4) is 0 Å². The van der Waals surface area contributed by atoms with Gasteiger partial charge >= 0.3 is 0 Å². The lowest BCUT2D eigenvalue weighted by Gasteiger charge is -2.18. The van der Waals surface area contributed by atoms with Gasteiger partial charge in [-0.3, -0.25) is 9.59 Å². The van der Waals surface area contributed by atoms with Gasteiger partial charge in [-0.15, -0.1) is 0 Å². The fourth-order valence-corrected chi connectivity index (χ4v) is 2.65. The van der Waals surface area contributed by atoms with Gasteiger partial charge < -0.3 is 16.8 Å². The van der Waals surface area contributed by atoms with Crippen LogP contribution in [0.2, 0.25) is 0 Å². The molecule has 2 rings (SSSR count). The highest BCUT2D eigenvalue weighted by Gasteiger charge is 2.22. The van der Waals surface area contributed by atoms with Crippen LogP contribution in [0, 0.1) is 5.92 Å². The van der Waals surface area contributed by atoms with E-state index in [1.807, 2.05) is 13.8 Å². The molecule has 2 aromatic rings. The highest BCUT2D eigenvalue weighted by molar-refractivity contribution is 7.22. The van der Waals surface area contributed by atoms with Crippen LogP contribution in [0.4, 0.5) is 5.13 Å². The van der Waals surface area contributed by atoms with Crippen LogP contribution in [-0.4, -0.2) is 22.8 Å². The second-order valence-corrected chi connectivity index (χ2v) is 5.89. The van der Waals surface area contributed by atoms with Gasteiger partial charge in [-0.25, -0.2) is 4.98 Å². The van der Waals surface area contributed by atoms with E-state index in [0.717, 1.165) is 10.2 Å². The highest BCUT2D eigenvalue weighted by atomic mass is 32.1. The van der Waals surface area contributed by atoms with Crippen molar-refractivity contribution >= 4 is 38.5 Å². The molecule has 5 N–H and O–H groups in total. The molecule has 1 heterocycles. The van der Waals surface area contributed by atoms with E-state index in [2.05, 4.69) is 10.3 Å². The molecule has 0 aliphatic heterocycles. The molecular formula is C13H16N4O2S. The maximum absolute atomic E-state index is 12.1. The number of hydrogen-bond acceptors (Lipinski definition) is 5. The number of thiazole rings is 1. The summed E-state index contributed by atoms with van der Waals surface area (Å²) in [6.45, 7) is 3.64. The average Bonchev–Trinajstić information content (AvgIpc) is 2.73. The van der Waals surface area contributed by atoms with Gasteiger partial charge in [0.25, 0.3) is 5.91 Å². The molecule has 1 aromatic carbocycles. The molecular weight excluding hydrogens is 276 g/mol. The zero-order chi connectivity index (χ0) is 14.9. The molecule has 106 valence electrons. The number of anilines is 1. The summed E-state index contributed by atoms with van der Waals surface area (Å²) in [6.07, 6.45) is 0. The molecule has 1 unspecified atom stereocenters. The molecule has 0 radical (unpaired) electrons. The van der Waals surface area contributed by atoms with Crippen LogP contribution in [0.5, 0.6) is 0 Å². The molecule has 1 aromatic heterocycles. The molecule has 6 nitrogen and oxygen atoms in total. The maximum atomic E-state index is 12.1. The minimum absolute atomic E-state index is 0.0702. The number of amides is 2. The van der Waals surface area contributed by atoms with E-state index in [-0.39, 0.29) is 11.8 Å². The van der Waals surface area contributed by atoms with Crippen molar-refractivity contribution in [2.24, 2.45) is 11.7 Å². The monoisotopic (exact) mass is 292 g/mol. The number of aromatic nitrogens is 1. The van der Waals surface area contributed by atoms with E-state index >= 15 is 0 Å². The van der Waals surface area contributed by atoms with Crippen molar-refractivity contribution in [2.75, 3.05) is 5.73 Å². The Kier molecular flexibility index (Phi) is 3.89. The number of nitrogens with two attached hydrogens (primary N) is 2. The predicted molar refractivity (Wildman–Crippen MR) is 79.3 cm³/mol. The number of carbonyl (C=O) groups excluding carboxylic acids is 2. The summed E-state index contributed by atoms with van der Waals surface area (Å²) in [4.78, 5) is 27.6. The summed E-state index contributed by atoms with van der Waals surface area (Å²) < 4.78 is 0.829. The third-order valence-corrected chi connectivity index (χ3v) is 3.77. The van der Waals surface area contributed by atoms with Crippen molar-refractivity contribution in [1.82, 2.24) is 10.3 Å². The first-order valence-corrected chi connectivity index (χ1v) is 6.96. The number of rotatable bonds is 4. The molecule has 0 aliphatic rings. The fraction of sp³-hybridized carbons (Fsp3) is 0.308. The number of primary amides is 1. The number of nitrogen functional groups attached to an aromatic ring is 1. The second kappa shape index (κ2) is 5.46. The molecule has 0 fully saturated rings. The summed E-state index contributed by atoms with van der Waals surface area (Å²) in [7, 11) is 0. The number of benzene rings is 1. The van der Waals surface area contributed by atoms with Gasteiger partial charge in [-0.1, -0.05) is 25.2 Å². The maximum Gasteiger partial charge on any atom is 0.251 e. The molecule has 0 bridgehead atoms. The summed E-state index contributed by atoms with van der Waals surface area (Å²) in [5.74, 6) is -0.952. The molecule has 2 amide bonds. The molecule has 0 saturated heterocycles. The van der Waals surface area contributed by atoms with Crippen molar-refractivity contribution in [1.29, 1.82) is 0 Å². The Morgan fingerprint density at radius 3 is 2.65 bits per heavy atom. The van der Waals surface area contributed by atoms with Gasteiger partial charge in [0.05, 0.1) is 10.2 Å². The smallest absolute Gasteiger partial charge is 0.251 e. The Labute approximate surface area is 120 Å². The Morgan fingerprint density at radius 1 is 1.35 bits per heavy atom. The van der Waals surface area contributed by atoms with Crippen LogP contribution in [0.1, 0.15) is 24.2 Å². The topological polar surface area (TPSA) is 111 Å². The van der Waals surface area contributed by atoms with Crippen LogP contribution < -0.4 is 16.8 Å². The van der Waals surface area contributed by atoms with Crippen molar-refractivity contribution in [3.8, 4) is 0 Å². The fourth-order valence-electron chi connectivity index (χ4n) is 1.87. The largest absolute Gasteiger partial charge is 0.375 e. The van der Waals surface area contributed by atoms with E-state index < -0.39 is 11.9 Å². The molecule has 0 aliphatic carbocycles. The lowest BCUT2D eigenvalue weighted by Crippen LogP contribution is -2.47. The number of hydrogen-bond donors (Lipinski definition) is 3. The Bertz CT molecular complexity index is 665. The zero-order valence-corrected chi connectivity index (χ0v) is 12.0. The van der Waals surface area contributed by atoms with E-state index in [0.29, 0.717) is 10.7 Å². The number of nitrogens with one attached hydrogen (secondary N) is 1. The van der Waals surface area contributed by atoms with E-state index in [1.165, 1.54) is 11.3 Å². The summed E-state index contributed by atoms with van der Waals surface area (Å²) in [5.41, 5.74) is 12.1. The first-order chi connectivity index (χ1) is 9.38. The number of fused-ring (bicyclic) bond motifs is 1. The van der Waals surface area contributed by atoms with Gasteiger partial charge in [0.1, 0.15) is 6.04 Å². The molecule has 1 atom stereocenters. The van der Waals surface area contributed by atoms with Crippen molar-refractivity contribution in [3.63, 3.8) is 0 Å². The van der Waals surface area contributed by atoms with E-state index in [9.17, 15) is 9.59 Å². The minimum atomic E-state index is -0.690. The lowest BCUT2D eigenvalue weighted by molar-refractivity contribution is -0.120. The van der Waals surface area contributed by atoms with Crippen LogP contribution in [0.25, 0.3) is 10.2 Å². The Balaban J connectivity index is 2.24. The number of nitrogens with zero attached hydrogens (tertiary/aromatic N) is 1. The first kappa shape index (κ1) is 14.3. The first-order valence-electron chi connectivity index (χ1n) is 6.14. The van der Waals surface area contributed by atoms with Gasteiger partial charge in [-0.05, 0) is 24.1 Å². The van der Waals surface area contributed by atoms with Gasteiger partial charge in [0, 0.05) is 5.56 Å². The average molecular weight is 292 g/mol. The van der Waals surface area contributed by atoms with Gasteiger partial charge in [-0.2, -0.15) is 0 Å². The predicted octanol–water partition coefficient (Wildman–Crippen LogP) is 1.12. The third kappa shape index (κ3) is 2.88. The lowest BCUT2D eigenvalue weighted by atomic mass is 10.0. The normalized spacial score (nSPS) is 12.6.